The van der Waals surface area contributed by atoms with Gasteiger partial charge in [-0.1, -0.05) is 255 Å². The van der Waals surface area contributed by atoms with Gasteiger partial charge in [-0.3, -0.25) is 18.6 Å². The van der Waals surface area contributed by atoms with Crippen molar-refractivity contribution in [2.45, 2.75) is 315 Å². The van der Waals surface area contributed by atoms with Crippen molar-refractivity contribution in [3.05, 3.63) is 60.8 Å². The van der Waals surface area contributed by atoms with Gasteiger partial charge in [-0.25, -0.2) is 4.57 Å². The number of phosphoric ester groups is 1. The van der Waals surface area contributed by atoms with Gasteiger partial charge in [-0.15, -0.1) is 0 Å². The average Bonchev–Trinajstić information content (AvgIpc) is 3.39. The Hall–Kier alpha value is -2.29. The van der Waals surface area contributed by atoms with Gasteiger partial charge in [-0.2, -0.15) is 0 Å². The number of esters is 1. The molecule has 450 valence electrons. The average molecular weight is 1100 g/mol. The molecule has 0 rings (SSSR count). The normalized spacial score (nSPS) is 14.0. The van der Waals surface area contributed by atoms with Crippen molar-refractivity contribution >= 4 is 19.7 Å². The highest BCUT2D eigenvalue weighted by molar-refractivity contribution is 7.47. The molecule has 10 heteroatoms. The lowest BCUT2D eigenvalue weighted by Crippen LogP contribution is -2.47. The standard InChI is InChI=1S/C67H125N2O7P/c1-7-10-13-16-19-22-25-28-30-32-33-34-35-37-39-42-45-48-51-54-57-60-67(71)76-65(58-55-52-49-46-43-40-27-24-21-18-15-12-9-3)64(63-75-77(72,73)74-62-61-69(4,5)6)68-66(70)59-56-53-50-47-44-41-38-36-31-29-26-23-20-17-14-11-8-2/h19,22,28-31,33-34,55,58,64-65H,7-18,20-21,23-27,32,35-54,56-57,59-63H2,1-6H3,(H-,68,70,72,73)/p+1/b22-19-,30-28-,31-29+,34-33-,58-55+. The molecule has 9 nitrogen and oxygen atoms in total. The van der Waals surface area contributed by atoms with E-state index in [2.05, 4.69) is 74.7 Å². The van der Waals surface area contributed by atoms with E-state index in [1.807, 2.05) is 33.3 Å². The Morgan fingerprint density at radius 2 is 0.792 bits per heavy atom. The topological polar surface area (TPSA) is 111 Å². The number of quaternary nitrogens is 1. The van der Waals surface area contributed by atoms with Crippen LogP contribution in [0.5, 0.6) is 0 Å². The number of allylic oxidation sites excluding steroid dienone is 9. The third-order valence-electron chi connectivity index (χ3n) is 14.4. The molecule has 0 fully saturated rings. The SMILES string of the molecule is CCCCC/C=C\C/C=C\C/C=C\CCCCCCCCCCC(=O)OC(/C=C/CCCCCCCCCCCCC)C(COP(=O)(O)OCC[N+](C)(C)C)NC(=O)CCCCCCCCC/C=C/CCCCCCCC. The van der Waals surface area contributed by atoms with Gasteiger partial charge in [0.2, 0.25) is 5.91 Å². The predicted molar refractivity (Wildman–Crippen MR) is 332 cm³/mol. The number of phosphoric acid groups is 1. The maximum absolute atomic E-state index is 13.6. The van der Waals surface area contributed by atoms with Crippen LogP contribution in [0.15, 0.2) is 60.8 Å². The van der Waals surface area contributed by atoms with Gasteiger partial charge < -0.3 is 19.4 Å². The monoisotopic (exact) mass is 1100 g/mol. The number of hydrogen-bond acceptors (Lipinski definition) is 6. The second-order valence-electron chi connectivity index (χ2n) is 23.3. The number of amides is 1. The van der Waals surface area contributed by atoms with Gasteiger partial charge in [-0.05, 0) is 96.0 Å². The fourth-order valence-corrected chi connectivity index (χ4v) is 10.1. The summed E-state index contributed by atoms with van der Waals surface area (Å²) in [6.07, 6.45) is 72.1. The van der Waals surface area contributed by atoms with Crippen LogP contribution >= 0.6 is 7.82 Å². The lowest BCUT2D eigenvalue weighted by Gasteiger charge is -2.27. The number of nitrogens with one attached hydrogen (secondary N) is 1. The third-order valence-corrected chi connectivity index (χ3v) is 15.4. The minimum Gasteiger partial charge on any atom is -0.456 e. The zero-order chi connectivity index (χ0) is 56.4. The third kappa shape index (κ3) is 58.2. The van der Waals surface area contributed by atoms with Crippen molar-refractivity contribution in [3.63, 3.8) is 0 Å². The molecule has 0 aromatic heterocycles. The Labute approximate surface area is 477 Å². The molecule has 0 aliphatic heterocycles. The van der Waals surface area contributed by atoms with E-state index < -0.39 is 20.0 Å². The van der Waals surface area contributed by atoms with Crippen LogP contribution in [-0.2, 0) is 27.9 Å². The number of carbonyl (C=O) groups is 2. The van der Waals surface area contributed by atoms with Crippen molar-refractivity contribution in [3.8, 4) is 0 Å². The van der Waals surface area contributed by atoms with E-state index >= 15 is 0 Å². The summed E-state index contributed by atoms with van der Waals surface area (Å²) in [5.74, 6) is -0.511. The Balaban J connectivity index is 5.25. The predicted octanol–water partition coefficient (Wildman–Crippen LogP) is 20.2. The second-order valence-corrected chi connectivity index (χ2v) is 24.7. The molecule has 0 bridgehead atoms. The molecule has 0 saturated carbocycles. The Morgan fingerprint density at radius 3 is 1.22 bits per heavy atom. The fourth-order valence-electron chi connectivity index (χ4n) is 9.35. The van der Waals surface area contributed by atoms with Crippen LogP contribution in [0.4, 0.5) is 0 Å². The van der Waals surface area contributed by atoms with E-state index in [1.54, 1.807) is 0 Å². The maximum Gasteiger partial charge on any atom is 0.472 e. The molecule has 0 saturated heterocycles. The molecule has 3 unspecified atom stereocenters. The van der Waals surface area contributed by atoms with E-state index in [9.17, 15) is 19.0 Å². The van der Waals surface area contributed by atoms with Gasteiger partial charge in [0, 0.05) is 12.8 Å². The smallest absolute Gasteiger partial charge is 0.456 e. The molecule has 77 heavy (non-hydrogen) atoms. The number of ether oxygens (including phenoxy) is 1. The van der Waals surface area contributed by atoms with Crippen LogP contribution in [0.2, 0.25) is 0 Å². The first kappa shape index (κ1) is 74.7. The molecule has 3 atom stereocenters. The number of carbonyl (C=O) groups excluding carboxylic acids is 2. The van der Waals surface area contributed by atoms with E-state index in [0.717, 1.165) is 96.3 Å². The van der Waals surface area contributed by atoms with Gasteiger partial charge in [0.25, 0.3) is 0 Å². The molecule has 0 heterocycles. The number of hydrogen-bond donors (Lipinski definition) is 2. The van der Waals surface area contributed by atoms with Crippen molar-refractivity contribution in [1.29, 1.82) is 0 Å². The summed E-state index contributed by atoms with van der Waals surface area (Å²) in [6.45, 7) is 7.00. The lowest BCUT2D eigenvalue weighted by atomic mass is 10.0. The Kier molecular flexibility index (Phi) is 55.3. The van der Waals surface area contributed by atoms with E-state index in [4.69, 9.17) is 13.8 Å². The molecule has 0 aromatic carbocycles. The van der Waals surface area contributed by atoms with Crippen molar-refractivity contribution < 1.29 is 37.3 Å². The molecular weight excluding hydrogens is 976 g/mol. The van der Waals surface area contributed by atoms with Crippen molar-refractivity contribution in [2.24, 2.45) is 0 Å². The molecule has 0 aromatic rings. The lowest BCUT2D eigenvalue weighted by molar-refractivity contribution is -0.870. The van der Waals surface area contributed by atoms with E-state index in [0.29, 0.717) is 17.4 Å². The first-order chi connectivity index (χ1) is 37.4. The zero-order valence-electron chi connectivity index (χ0n) is 51.5. The largest absolute Gasteiger partial charge is 0.472 e. The highest BCUT2D eigenvalue weighted by atomic mass is 31.2. The van der Waals surface area contributed by atoms with Crippen LogP contribution in [-0.4, -0.2) is 74.3 Å². The minimum absolute atomic E-state index is 0.0375. The number of nitrogens with zero attached hydrogens (tertiary/aromatic N) is 1. The van der Waals surface area contributed by atoms with Crippen LogP contribution in [0.25, 0.3) is 0 Å². The minimum atomic E-state index is -4.45. The summed E-state index contributed by atoms with van der Waals surface area (Å²) in [5, 5.41) is 3.06. The highest BCUT2D eigenvalue weighted by Crippen LogP contribution is 2.43. The molecule has 1 amide bonds. The van der Waals surface area contributed by atoms with Crippen LogP contribution in [0.3, 0.4) is 0 Å². The Bertz CT molecular complexity index is 1500. The number of unbranched alkanes of at least 4 members (excludes halogenated alkanes) is 35. The summed E-state index contributed by atoms with van der Waals surface area (Å²) in [6, 6.07) is -0.855. The molecule has 2 N–H and O–H groups in total. The second kappa shape index (κ2) is 57.0. The quantitative estimate of drug-likeness (QED) is 0.0205. The zero-order valence-corrected chi connectivity index (χ0v) is 52.3. The molecule has 0 aliphatic rings. The van der Waals surface area contributed by atoms with Crippen LogP contribution in [0.1, 0.15) is 303 Å². The van der Waals surface area contributed by atoms with Crippen molar-refractivity contribution in [1.82, 2.24) is 5.32 Å². The molecule has 0 radical (unpaired) electrons. The van der Waals surface area contributed by atoms with Gasteiger partial charge in [0.15, 0.2) is 0 Å². The number of rotatable bonds is 59. The van der Waals surface area contributed by atoms with E-state index in [1.165, 1.54) is 173 Å². The van der Waals surface area contributed by atoms with Gasteiger partial charge in [0.05, 0.1) is 33.8 Å². The van der Waals surface area contributed by atoms with Gasteiger partial charge in [0.1, 0.15) is 19.3 Å². The number of likely N-dealkylation sites (N-methyl/N-ethyl adjacent to an activating group) is 1. The highest BCUT2D eigenvalue weighted by Gasteiger charge is 2.30. The summed E-state index contributed by atoms with van der Waals surface area (Å²) in [7, 11) is 1.49. The fraction of sp³-hybridized carbons (Fsp3) is 0.821. The Morgan fingerprint density at radius 1 is 0.455 bits per heavy atom. The summed E-state index contributed by atoms with van der Waals surface area (Å²) < 4.78 is 30.8. The maximum atomic E-state index is 13.6. The van der Waals surface area contributed by atoms with E-state index in [-0.39, 0.29) is 31.5 Å². The molecular formula is C67H126N2O7P+. The summed E-state index contributed by atoms with van der Waals surface area (Å²) >= 11 is 0. The summed E-state index contributed by atoms with van der Waals surface area (Å²) in [4.78, 5) is 37.8. The van der Waals surface area contributed by atoms with Gasteiger partial charge >= 0.3 is 13.8 Å². The van der Waals surface area contributed by atoms with Crippen LogP contribution < -0.4 is 5.32 Å². The molecule has 0 spiro atoms. The van der Waals surface area contributed by atoms with Crippen molar-refractivity contribution in [2.75, 3.05) is 40.9 Å². The molecule has 0 aliphatic carbocycles. The summed E-state index contributed by atoms with van der Waals surface area (Å²) in [5.41, 5.74) is 0. The van der Waals surface area contributed by atoms with Crippen LogP contribution in [0, 0.1) is 0 Å². The first-order valence-electron chi connectivity index (χ1n) is 32.6. The first-order valence-corrected chi connectivity index (χ1v) is 34.1.